The van der Waals surface area contributed by atoms with E-state index in [2.05, 4.69) is 38.8 Å². The summed E-state index contributed by atoms with van der Waals surface area (Å²) in [5, 5.41) is 0. The molecule has 0 heterocycles. The van der Waals surface area contributed by atoms with Gasteiger partial charge in [-0.25, -0.2) is 0 Å². The predicted molar refractivity (Wildman–Crippen MR) is 72.4 cm³/mol. The molecule has 16 heavy (non-hydrogen) atoms. The highest BCUT2D eigenvalue weighted by Crippen LogP contribution is 2.21. The average molecular weight is 215 g/mol. The van der Waals surface area contributed by atoms with Crippen LogP contribution in [-0.2, 0) is 0 Å². The first-order valence-electron chi connectivity index (χ1n) is 5.73. The maximum absolute atomic E-state index is 4.50. The summed E-state index contributed by atoms with van der Waals surface area (Å²) >= 11 is 0. The standard InChI is InChI=1S/C15H21N/c1-13(2)10-11-15(3,4)12-16-14-8-6-5-7-9-14/h5-10,12H,11H2,1-4H3. The van der Waals surface area contributed by atoms with Gasteiger partial charge in [-0.3, -0.25) is 4.99 Å². The second kappa shape index (κ2) is 5.64. The Morgan fingerprint density at radius 1 is 1.19 bits per heavy atom. The van der Waals surface area contributed by atoms with Gasteiger partial charge in [0.2, 0.25) is 0 Å². The lowest BCUT2D eigenvalue weighted by Crippen LogP contribution is -2.11. The van der Waals surface area contributed by atoms with Crippen molar-refractivity contribution in [2.75, 3.05) is 0 Å². The number of hydrogen-bond acceptors (Lipinski definition) is 1. The van der Waals surface area contributed by atoms with Crippen molar-refractivity contribution in [2.24, 2.45) is 10.4 Å². The Morgan fingerprint density at radius 3 is 2.38 bits per heavy atom. The van der Waals surface area contributed by atoms with Gasteiger partial charge in [-0.05, 0) is 32.4 Å². The third-order valence-electron chi connectivity index (χ3n) is 2.36. The number of benzene rings is 1. The van der Waals surface area contributed by atoms with Crippen molar-refractivity contribution in [2.45, 2.75) is 34.1 Å². The molecule has 1 nitrogen and oxygen atoms in total. The molecule has 86 valence electrons. The Balaban J connectivity index is 2.65. The fourth-order valence-corrected chi connectivity index (χ4v) is 1.28. The van der Waals surface area contributed by atoms with E-state index >= 15 is 0 Å². The van der Waals surface area contributed by atoms with Crippen LogP contribution in [0.4, 0.5) is 5.69 Å². The Bertz CT molecular complexity index is 368. The van der Waals surface area contributed by atoms with Crippen LogP contribution in [0.2, 0.25) is 0 Å². The van der Waals surface area contributed by atoms with Gasteiger partial charge in [-0.15, -0.1) is 0 Å². The Hall–Kier alpha value is -1.37. The summed E-state index contributed by atoms with van der Waals surface area (Å²) in [4.78, 5) is 4.50. The highest BCUT2D eigenvalue weighted by molar-refractivity contribution is 5.69. The number of rotatable bonds is 4. The Kier molecular flexibility index (Phi) is 4.48. The van der Waals surface area contributed by atoms with E-state index in [9.17, 15) is 0 Å². The van der Waals surface area contributed by atoms with Crippen molar-refractivity contribution in [3.05, 3.63) is 42.0 Å². The fraction of sp³-hybridized carbons (Fsp3) is 0.400. The van der Waals surface area contributed by atoms with E-state index in [1.807, 2.05) is 36.5 Å². The van der Waals surface area contributed by atoms with E-state index in [-0.39, 0.29) is 5.41 Å². The lowest BCUT2D eigenvalue weighted by atomic mass is 9.90. The van der Waals surface area contributed by atoms with Crippen LogP contribution in [0, 0.1) is 5.41 Å². The molecular formula is C15H21N. The third-order valence-corrected chi connectivity index (χ3v) is 2.36. The third kappa shape index (κ3) is 4.92. The summed E-state index contributed by atoms with van der Waals surface area (Å²) in [5.74, 6) is 0. The van der Waals surface area contributed by atoms with Crippen molar-refractivity contribution in [1.82, 2.24) is 0 Å². The summed E-state index contributed by atoms with van der Waals surface area (Å²) in [5.41, 5.74) is 2.50. The molecule has 0 atom stereocenters. The lowest BCUT2D eigenvalue weighted by Gasteiger charge is -2.16. The quantitative estimate of drug-likeness (QED) is 0.506. The van der Waals surface area contributed by atoms with Crippen molar-refractivity contribution in [1.29, 1.82) is 0 Å². The van der Waals surface area contributed by atoms with Gasteiger partial charge in [0.1, 0.15) is 0 Å². The number of hydrogen-bond donors (Lipinski definition) is 0. The minimum Gasteiger partial charge on any atom is -0.261 e. The van der Waals surface area contributed by atoms with Crippen LogP contribution >= 0.6 is 0 Å². The molecule has 0 saturated heterocycles. The van der Waals surface area contributed by atoms with E-state index in [4.69, 9.17) is 0 Å². The minimum absolute atomic E-state index is 0.118. The summed E-state index contributed by atoms with van der Waals surface area (Å²) in [6.45, 7) is 8.67. The SMILES string of the molecule is CC(C)=CCC(C)(C)C=Nc1ccccc1. The molecule has 0 N–H and O–H groups in total. The zero-order valence-electron chi connectivity index (χ0n) is 10.7. The first-order chi connectivity index (χ1) is 7.49. The molecule has 0 fully saturated rings. The van der Waals surface area contributed by atoms with Gasteiger partial charge < -0.3 is 0 Å². The van der Waals surface area contributed by atoms with Gasteiger partial charge in [-0.2, -0.15) is 0 Å². The van der Waals surface area contributed by atoms with Crippen molar-refractivity contribution in [3.63, 3.8) is 0 Å². The molecule has 1 aromatic rings. The molecule has 0 unspecified atom stereocenters. The van der Waals surface area contributed by atoms with E-state index in [0.29, 0.717) is 0 Å². The van der Waals surface area contributed by atoms with Crippen LogP contribution in [0.15, 0.2) is 47.0 Å². The molecular weight excluding hydrogens is 194 g/mol. The van der Waals surface area contributed by atoms with Crippen LogP contribution in [0.5, 0.6) is 0 Å². The first-order valence-corrected chi connectivity index (χ1v) is 5.73. The normalized spacial score (nSPS) is 11.8. The van der Waals surface area contributed by atoms with Crippen LogP contribution in [0.25, 0.3) is 0 Å². The molecule has 1 aromatic carbocycles. The van der Waals surface area contributed by atoms with E-state index in [0.717, 1.165) is 12.1 Å². The van der Waals surface area contributed by atoms with Gasteiger partial charge >= 0.3 is 0 Å². The van der Waals surface area contributed by atoms with E-state index in [1.165, 1.54) is 5.57 Å². The smallest absolute Gasteiger partial charge is 0.0625 e. The van der Waals surface area contributed by atoms with Gasteiger partial charge in [0.25, 0.3) is 0 Å². The molecule has 0 aliphatic heterocycles. The first kappa shape index (κ1) is 12.7. The van der Waals surface area contributed by atoms with Gasteiger partial charge in [0.05, 0.1) is 5.69 Å². The van der Waals surface area contributed by atoms with Crippen LogP contribution in [0.1, 0.15) is 34.1 Å². The number of para-hydroxylation sites is 1. The zero-order chi connectivity index (χ0) is 12.0. The highest BCUT2D eigenvalue weighted by atomic mass is 14.7. The second-order valence-corrected chi connectivity index (χ2v) is 5.07. The largest absolute Gasteiger partial charge is 0.261 e. The van der Waals surface area contributed by atoms with Gasteiger partial charge in [0.15, 0.2) is 0 Å². The monoisotopic (exact) mass is 215 g/mol. The zero-order valence-corrected chi connectivity index (χ0v) is 10.7. The fourth-order valence-electron chi connectivity index (χ4n) is 1.28. The summed E-state index contributed by atoms with van der Waals surface area (Å²) in [7, 11) is 0. The molecule has 1 rings (SSSR count). The number of nitrogens with zero attached hydrogens (tertiary/aromatic N) is 1. The molecule has 1 heteroatoms. The van der Waals surface area contributed by atoms with Crippen molar-refractivity contribution in [3.8, 4) is 0 Å². The van der Waals surface area contributed by atoms with Crippen LogP contribution in [0.3, 0.4) is 0 Å². The van der Waals surface area contributed by atoms with Gasteiger partial charge in [0, 0.05) is 11.6 Å². The van der Waals surface area contributed by atoms with Crippen LogP contribution < -0.4 is 0 Å². The molecule has 0 amide bonds. The molecule has 0 aromatic heterocycles. The van der Waals surface area contributed by atoms with Gasteiger partial charge in [-0.1, -0.05) is 43.7 Å². The molecule has 0 bridgehead atoms. The Morgan fingerprint density at radius 2 is 1.81 bits per heavy atom. The summed E-state index contributed by atoms with van der Waals surface area (Å²) in [6.07, 6.45) is 5.34. The lowest BCUT2D eigenvalue weighted by molar-refractivity contribution is 0.544. The number of allylic oxidation sites excluding steroid dienone is 2. The van der Waals surface area contributed by atoms with E-state index in [1.54, 1.807) is 0 Å². The van der Waals surface area contributed by atoms with Crippen LogP contribution in [-0.4, -0.2) is 6.21 Å². The molecule has 0 radical (unpaired) electrons. The van der Waals surface area contributed by atoms with Crippen molar-refractivity contribution >= 4 is 11.9 Å². The highest BCUT2D eigenvalue weighted by Gasteiger charge is 2.12. The number of aliphatic imine (C=N–C) groups is 1. The summed E-state index contributed by atoms with van der Waals surface area (Å²) in [6, 6.07) is 10.1. The average Bonchev–Trinajstić information content (AvgIpc) is 2.26. The maximum atomic E-state index is 4.50. The second-order valence-electron chi connectivity index (χ2n) is 5.07. The molecule has 0 aliphatic rings. The maximum Gasteiger partial charge on any atom is 0.0625 e. The molecule has 0 spiro atoms. The van der Waals surface area contributed by atoms with Crippen molar-refractivity contribution < 1.29 is 0 Å². The predicted octanol–water partition coefficient (Wildman–Crippen LogP) is 4.77. The molecule has 0 saturated carbocycles. The summed E-state index contributed by atoms with van der Waals surface area (Å²) < 4.78 is 0. The Labute approximate surface area is 98.9 Å². The minimum atomic E-state index is 0.118. The molecule has 0 aliphatic carbocycles. The topological polar surface area (TPSA) is 12.4 Å². The van der Waals surface area contributed by atoms with E-state index < -0.39 is 0 Å².